The van der Waals surface area contributed by atoms with Crippen LogP contribution in [0.5, 0.6) is 5.75 Å². The van der Waals surface area contributed by atoms with Gasteiger partial charge in [-0.05, 0) is 48.2 Å². The lowest BCUT2D eigenvalue weighted by atomic mass is 9.95. The van der Waals surface area contributed by atoms with Crippen molar-refractivity contribution in [1.29, 1.82) is 0 Å². The quantitative estimate of drug-likeness (QED) is 0.886. The molecule has 2 aromatic rings. The van der Waals surface area contributed by atoms with Gasteiger partial charge in [-0.3, -0.25) is 0 Å². The van der Waals surface area contributed by atoms with Gasteiger partial charge in [0.1, 0.15) is 5.75 Å². The molecule has 0 spiro atoms. The van der Waals surface area contributed by atoms with E-state index in [-0.39, 0.29) is 11.1 Å². The first-order valence-corrected chi connectivity index (χ1v) is 6.66. The van der Waals surface area contributed by atoms with Crippen molar-refractivity contribution in [1.82, 2.24) is 0 Å². The van der Waals surface area contributed by atoms with Gasteiger partial charge in [-0.2, -0.15) is 0 Å². The summed E-state index contributed by atoms with van der Waals surface area (Å²) in [5.74, 6) is -1.55. The second-order valence-corrected chi connectivity index (χ2v) is 4.90. The summed E-state index contributed by atoms with van der Waals surface area (Å²) in [5.41, 5.74) is 2.40. The van der Waals surface area contributed by atoms with Crippen LogP contribution in [-0.2, 0) is 6.42 Å². The summed E-state index contributed by atoms with van der Waals surface area (Å²) in [6, 6.07) is 9.73. The van der Waals surface area contributed by atoms with Crippen LogP contribution in [0, 0.1) is 6.92 Å². The SMILES string of the molecule is COc1cccc(Cc2ccc(C(=O)O)cc2C(=O)O)c1C. The van der Waals surface area contributed by atoms with Crippen molar-refractivity contribution >= 4 is 11.9 Å². The maximum Gasteiger partial charge on any atom is 0.336 e. The summed E-state index contributed by atoms with van der Waals surface area (Å²) in [4.78, 5) is 22.4. The van der Waals surface area contributed by atoms with Gasteiger partial charge in [0.05, 0.1) is 18.2 Å². The average molecular weight is 300 g/mol. The van der Waals surface area contributed by atoms with Gasteiger partial charge in [-0.15, -0.1) is 0 Å². The number of hydrogen-bond donors (Lipinski definition) is 2. The van der Waals surface area contributed by atoms with Crippen LogP contribution in [0.15, 0.2) is 36.4 Å². The molecule has 0 unspecified atom stereocenters. The van der Waals surface area contributed by atoms with E-state index in [2.05, 4.69) is 0 Å². The minimum absolute atomic E-state index is 0.00196. The maximum atomic E-state index is 11.4. The van der Waals surface area contributed by atoms with Gasteiger partial charge >= 0.3 is 11.9 Å². The predicted molar refractivity (Wildman–Crippen MR) is 80.9 cm³/mol. The molecule has 0 bridgehead atoms. The van der Waals surface area contributed by atoms with Crippen molar-refractivity contribution in [3.8, 4) is 5.75 Å². The highest BCUT2D eigenvalue weighted by atomic mass is 16.5. The van der Waals surface area contributed by atoms with E-state index >= 15 is 0 Å². The van der Waals surface area contributed by atoms with Crippen molar-refractivity contribution in [2.75, 3.05) is 7.11 Å². The van der Waals surface area contributed by atoms with E-state index in [1.54, 1.807) is 13.2 Å². The minimum Gasteiger partial charge on any atom is -0.496 e. The number of carboxylic acids is 2. The highest BCUT2D eigenvalue weighted by molar-refractivity contribution is 5.95. The summed E-state index contributed by atoms with van der Waals surface area (Å²) in [6.07, 6.45) is 0.393. The second-order valence-electron chi connectivity index (χ2n) is 4.90. The molecule has 0 atom stereocenters. The zero-order valence-corrected chi connectivity index (χ0v) is 12.3. The lowest BCUT2D eigenvalue weighted by molar-refractivity contribution is 0.0695. The van der Waals surface area contributed by atoms with Gasteiger partial charge in [0.2, 0.25) is 0 Å². The molecule has 0 saturated carbocycles. The Hall–Kier alpha value is -2.82. The molecular formula is C17H16O5. The Labute approximate surface area is 127 Å². The highest BCUT2D eigenvalue weighted by Crippen LogP contribution is 2.25. The van der Waals surface area contributed by atoms with Gasteiger partial charge < -0.3 is 14.9 Å². The Morgan fingerprint density at radius 2 is 1.77 bits per heavy atom. The third-order valence-electron chi connectivity index (χ3n) is 3.58. The topological polar surface area (TPSA) is 83.8 Å². The molecule has 22 heavy (non-hydrogen) atoms. The molecule has 114 valence electrons. The van der Waals surface area contributed by atoms with Crippen molar-refractivity contribution < 1.29 is 24.5 Å². The Bertz CT molecular complexity index is 734. The van der Waals surface area contributed by atoms with Crippen molar-refractivity contribution in [3.63, 3.8) is 0 Å². The fourth-order valence-corrected chi connectivity index (χ4v) is 2.34. The number of ether oxygens (including phenoxy) is 1. The van der Waals surface area contributed by atoms with E-state index in [0.717, 1.165) is 16.9 Å². The first kappa shape index (κ1) is 15.6. The molecule has 0 radical (unpaired) electrons. The zero-order valence-electron chi connectivity index (χ0n) is 12.3. The van der Waals surface area contributed by atoms with Crippen LogP contribution in [0.25, 0.3) is 0 Å². The number of carboxylic acid groups (broad SMARTS) is 2. The normalized spacial score (nSPS) is 10.3. The van der Waals surface area contributed by atoms with Gasteiger partial charge in [-0.25, -0.2) is 9.59 Å². The van der Waals surface area contributed by atoms with Crippen molar-refractivity contribution in [3.05, 3.63) is 64.2 Å². The van der Waals surface area contributed by atoms with Crippen molar-refractivity contribution in [2.24, 2.45) is 0 Å². The molecule has 0 aliphatic rings. The Morgan fingerprint density at radius 3 is 2.36 bits per heavy atom. The van der Waals surface area contributed by atoms with E-state index in [1.165, 1.54) is 12.1 Å². The van der Waals surface area contributed by atoms with E-state index in [9.17, 15) is 14.7 Å². The number of rotatable bonds is 5. The minimum atomic E-state index is -1.15. The number of benzene rings is 2. The van der Waals surface area contributed by atoms with Gasteiger partial charge in [0.25, 0.3) is 0 Å². The van der Waals surface area contributed by atoms with Crippen LogP contribution in [0.1, 0.15) is 37.4 Å². The van der Waals surface area contributed by atoms with Crippen LogP contribution in [0.2, 0.25) is 0 Å². The van der Waals surface area contributed by atoms with E-state index in [0.29, 0.717) is 12.0 Å². The number of hydrogen-bond acceptors (Lipinski definition) is 3. The van der Waals surface area contributed by atoms with Crippen LogP contribution in [0.3, 0.4) is 0 Å². The van der Waals surface area contributed by atoms with Crippen LogP contribution in [-0.4, -0.2) is 29.3 Å². The molecule has 5 heteroatoms. The molecule has 0 heterocycles. The van der Waals surface area contributed by atoms with E-state index in [1.807, 2.05) is 25.1 Å². The van der Waals surface area contributed by atoms with Crippen LogP contribution in [0.4, 0.5) is 0 Å². The van der Waals surface area contributed by atoms with Crippen molar-refractivity contribution in [2.45, 2.75) is 13.3 Å². The molecular weight excluding hydrogens is 284 g/mol. The smallest absolute Gasteiger partial charge is 0.336 e. The molecule has 0 aliphatic heterocycles. The lowest BCUT2D eigenvalue weighted by Crippen LogP contribution is -2.07. The Morgan fingerprint density at radius 1 is 1.05 bits per heavy atom. The summed E-state index contributed by atoms with van der Waals surface area (Å²) in [7, 11) is 1.58. The largest absolute Gasteiger partial charge is 0.496 e. The molecule has 0 aliphatic carbocycles. The third kappa shape index (κ3) is 3.09. The molecule has 0 amide bonds. The summed E-state index contributed by atoms with van der Waals surface area (Å²) >= 11 is 0. The zero-order chi connectivity index (χ0) is 16.3. The number of methoxy groups -OCH3 is 1. The number of carbonyl (C=O) groups is 2. The third-order valence-corrected chi connectivity index (χ3v) is 3.58. The first-order valence-electron chi connectivity index (χ1n) is 6.66. The lowest BCUT2D eigenvalue weighted by Gasteiger charge is -2.12. The van der Waals surface area contributed by atoms with Crippen LogP contribution >= 0.6 is 0 Å². The molecule has 5 nitrogen and oxygen atoms in total. The summed E-state index contributed by atoms with van der Waals surface area (Å²) < 4.78 is 5.26. The van der Waals surface area contributed by atoms with Gasteiger partial charge in [0, 0.05) is 0 Å². The Kier molecular flexibility index (Phi) is 4.46. The average Bonchev–Trinajstić information content (AvgIpc) is 2.49. The Balaban J connectivity index is 2.45. The monoisotopic (exact) mass is 300 g/mol. The fourth-order valence-electron chi connectivity index (χ4n) is 2.34. The van der Waals surface area contributed by atoms with Crippen LogP contribution < -0.4 is 4.74 Å². The molecule has 0 fully saturated rings. The maximum absolute atomic E-state index is 11.4. The summed E-state index contributed by atoms with van der Waals surface area (Å²) in [5, 5.41) is 18.3. The standard InChI is InChI=1S/C17H16O5/c1-10-11(4-3-5-15(10)22-2)8-12-6-7-13(16(18)19)9-14(12)17(20)21/h3-7,9H,8H2,1-2H3,(H,18,19)(H,20,21). The van der Waals surface area contributed by atoms with E-state index < -0.39 is 11.9 Å². The van der Waals surface area contributed by atoms with Gasteiger partial charge in [0.15, 0.2) is 0 Å². The fraction of sp³-hybridized carbons (Fsp3) is 0.176. The highest BCUT2D eigenvalue weighted by Gasteiger charge is 2.15. The predicted octanol–water partition coefficient (Wildman–Crippen LogP) is 2.99. The second kappa shape index (κ2) is 6.30. The molecule has 2 N–H and O–H groups in total. The number of aromatic carboxylic acids is 2. The van der Waals surface area contributed by atoms with E-state index in [4.69, 9.17) is 9.84 Å². The molecule has 0 aromatic heterocycles. The molecule has 0 saturated heterocycles. The summed E-state index contributed by atoms with van der Waals surface area (Å²) in [6.45, 7) is 1.90. The first-order chi connectivity index (χ1) is 10.4. The molecule has 2 aromatic carbocycles. The van der Waals surface area contributed by atoms with Gasteiger partial charge in [-0.1, -0.05) is 18.2 Å². The molecule has 2 rings (SSSR count).